The van der Waals surface area contributed by atoms with E-state index in [-0.39, 0.29) is 22.9 Å². The highest BCUT2D eigenvalue weighted by molar-refractivity contribution is 7.89. The van der Waals surface area contributed by atoms with Crippen LogP contribution in [0.25, 0.3) is 0 Å². The minimum absolute atomic E-state index is 0.0292. The van der Waals surface area contributed by atoms with Gasteiger partial charge >= 0.3 is 0 Å². The molecule has 3 aromatic carbocycles. The van der Waals surface area contributed by atoms with Crippen molar-refractivity contribution in [3.63, 3.8) is 0 Å². The number of sulfonamides is 1. The highest BCUT2D eigenvalue weighted by atomic mass is 32.2. The maximum Gasteiger partial charge on any atom is 0.255 e. The van der Waals surface area contributed by atoms with Crippen LogP contribution < -0.4 is 10.0 Å². The molecule has 0 saturated carbocycles. The first kappa shape index (κ1) is 24.6. The molecule has 1 aliphatic rings. The lowest BCUT2D eigenvalue weighted by Crippen LogP contribution is -2.34. The number of hydrogen-bond donors (Lipinski definition) is 2. The molecule has 0 spiro atoms. The van der Waals surface area contributed by atoms with Crippen LogP contribution in [0.4, 0.5) is 5.69 Å². The van der Waals surface area contributed by atoms with Crippen LogP contribution in [0.15, 0.2) is 77.7 Å². The Morgan fingerprint density at radius 2 is 1.71 bits per heavy atom. The molecule has 2 N–H and O–H groups in total. The highest BCUT2D eigenvalue weighted by Crippen LogP contribution is 2.20. The first-order valence-electron chi connectivity index (χ1n) is 11.6. The topological polar surface area (TPSA) is 95.6 Å². The predicted octanol–water partition coefficient (Wildman–Crippen LogP) is 4.24. The molecule has 0 aliphatic carbocycles. The Balaban J connectivity index is 1.47. The third-order valence-corrected chi connectivity index (χ3v) is 7.45. The van der Waals surface area contributed by atoms with Crippen molar-refractivity contribution in [3.05, 3.63) is 95.1 Å². The average Bonchev–Trinajstić information content (AvgIpc) is 2.85. The Morgan fingerprint density at radius 1 is 0.943 bits per heavy atom. The van der Waals surface area contributed by atoms with Crippen LogP contribution in [0.5, 0.6) is 0 Å². The molecule has 4 rings (SSSR count). The largest absolute Gasteiger partial charge is 0.338 e. The minimum atomic E-state index is -3.80. The van der Waals surface area contributed by atoms with E-state index in [0.29, 0.717) is 24.2 Å². The van der Waals surface area contributed by atoms with Crippen molar-refractivity contribution in [2.45, 2.75) is 44.2 Å². The van der Waals surface area contributed by atoms with Crippen LogP contribution in [0.1, 0.15) is 46.3 Å². The molecule has 2 amide bonds. The van der Waals surface area contributed by atoms with E-state index in [1.165, 1.54) is 12.1 Å². The van der Waals surface area contributed by atoms with Gasteiger partial charge in [0.15, 0.2) is 0 Å². The quantitative estimate of drug-likeness (QED) is 0.493. The fraction of sp³-hybridized carbons (Fsp3) is 0.259. The molecule has 0 atom stereocenters. The zero-order valence-corrected chi connectivity index (χ0v) is 20.5. The number of anilines is 1. The summed E-state index contributed by atoms with van der Waals surface area (Å²) in [5.74, 6) is -0.242. The Morgan fingerprint density at radius 3 is 2.49 bits per heavy atom. The van der Waals surface area contributed by atoms with E-state index < -0.39 is 15.9 Å². The van der Waals surface area contributed by atoms with Crippen molar-refractivity contribution in [1.82, 2.24) is 9.62 Å². The second-order valence-electron chi connectivity index (χ2n) is 8.71. The number of carbonyl (C=O) groups excluding carboxylic acids is 2. The predicted molar refractivity (Wildman–Crippen MR) is 135 cm³/mol. The van der Waals surface area contributed by atoms with Gasteiger partial charge in [0, 0.05) is 37.3 Å². The number of carbonyl (C=O) groups is 2. The zero-order valence-electron chi connectivity index (χ0n) is 19.7. The van der Waals surface area contributed by atoms with Crippen molar-refractivity contribution in [2.75, 3.05) is 11.9 Å². The van der Waals surface area contributed by atoms with Gasteiger partial charge < -0.3 is 10.2 Å². The van der Waals surface area contributed by atoms with E-state index in [9.17, 15) is 18.0 Å². The lowest BCUT2D eigenvalue weighted by molar-refractivity contribution is -0.133. The molecule has 0 aromatic heterocycles. The van der Waals surface area contributed by atoms with Crippen LogP contribution >= 0.6 is 0 Å². The number of benzene rings is 3. The van der Waals surface area contributed by atoms with Gasteiger partial charge in [-0.05, 0) is 60.7 Å². The van der Waals surface area contributed by atoms with Crippen LogP contribution in [0, 0.1) is 6.92 Å². The first-order chi connectivity index (χ1) is 16.8. The molecule has 1 aliphatic heterocycles. The molecule has 0 radical (unpaired) electrons. The minimum Gasteiger partial charge on any atom is -0.338 e. The van der Waals surface area contributed by atoms with Gasteiger partial charge in [-0.3, -0.25) is 9.59 Å². The van der Waals surface area contributed by atoms with E-state index in [1.54, 1.807) is 19.1 Å². The molecule has 3 aromatic rings. The van der Waals surface area contributed by atoms with E-state index in [2.05, 4.69) is 10.0 Å². The van der Waals surface area contributed by atoms with Gasteiger partial charge in [0.1, 0.15) is 0 Å². The number of nitrogens with zero attached hydrogens (tertiary/aromatic N) is 1. The standard InChI is InChI=1S/C27H29N3O4S/c1-20-13-14-24(35(33,34)28-18-21-8-3-2-4-9-21)17-25(20)27(32)29-23-11-7-10-22(16-23)19-30-15-6-5-12-26(30)31/h2-4,7-11,13-14,16-17,28H,5-6,12,15,18-19H2,1H3,(H,29,32). The maximum absolute atomic E-state index is 13.1. The van der Waals surface area contributed by atoms with Gasteiger partial charge in [0.25, 0.3) is 5.91 Å². The van der Waals surface area contributed by atoms with Gasteiger partial charge in [0.2, 0.25) is 15.9 Å². The number of amides is 2. The van der Waals surface area contributed by atoms with E-state index in [1.807, 2.05) is 53.4 Å². The molecule has 1 heterocycles. The van der Waals surface area contributed by atoms with Gasteiger partial charge in [-0.25, -0.2) is 13.1 Å². The fourth-order valence-corrected chi connectivity index (χ4v) is 5.11. The zero-order chi connectivity index (χ0) is 24.8. The summed E-state index contributed by atoms with van der Waals surface area (Å²) in [6, 6.07) is 21.1. The lowest BCUT2D eigenvalue weighted by atomic mass is 10.1. The number of nitrogens with one attached hydrogen (secondary N) is 2. The molecule has 0 unspecified atom stereocenters. The molecular weight excluding hydrogens is 462 g/mol. The summed E-state index contributed by atoms with van der Waals surface area (Å²) in [6.45, 7) is 3.17. The molecule has 35 heavy (non-hydrogen) atoms. The number of piperidine rings is 1. The van der Waals surface area contributed by atoms with Gasteiger partial charge in [0.05, 0.1) is 4.90 Å². The SMILES string of the molecule is Cc1ccc(S(=O)(=O)NCc2ccccc2)cc1C(=O)Nc1cccc(CN2CCCCC2=O)c1. The fourth-order valence-electron chi connectivity index (χ4n) is 4.07. The smallest absolute Gasteiger partial charge is 0.255 e. The van der Waals surface area contributed by atoms with E-state index >= 15 is 0 Å². The summed E-state index contributed by atoms with van der Waals surface area (Å²) in [4.78, 5) is 27.0. The second-order valence-corrected chi connectivity index (χ2v) is 10.5. The number of aryl methyl sites for hydroxylation is 1. The molecule has 1 fully saturated rings. The Hall–Kier alpha value is -3.49. The van der Waals surface area contributed by atoms with Crippen LogP contribution in [-0.2, 0) is 27.9 Å². The van der Waals surface area contributed by atoms with Crippen molar-refractivity contribution in [1.29, 1.82) is 0 Å². The van der Waals surface area contributed by atoms with Crippen LogP contribution in [-0.4, -0.2) is 31.7 Å². The van der Waals surface area contributed by atoms with Crippen molar-refractivity contribution in [2.24, 2.45) is 0 Å². The molecule has 1 saturated heterocycles. The monoisotopic (exact) mass is 491 g/mol. The summed E-state index contributed by atoms with van der Waals surface area (Å²) >= 11 is 0. The van der Waals surface area contributed by atoms with Crippen LogP contribution in [0.3, 0.4) is 0 Å². The summed E-state index contributed by atoms with van der Waals surface area (Å²) in [5, 5.41) is 2.87. The van der Waals surface area contributed by atoms with Gasteiger partial charge in [-0.1, -0.05) is 48.5 Å². The maximum atomic E-state index is 13.1. The number of likely N-dealkylation sites (tertiary alicyclic amines) is 1. The third kappa shape index (κ3) is 6.35. The summed E-state index contributed by atoms with van der Waals surface area (Å²) < 4.78 is 28.3. The molecule has 8 heteroatoms. The van der Waals surface area contributed by atoms with E-state index in [0.717, 1.165) is 30.5 Å². The Bertz CT molecular complexity index is 1320. The highest BCUT2D eigenvalue weighted by Gasteiger charge is 2.20. The van der Waals surface area contributed by atoms with Crippen molar-refractivity contribution in [3.8, 4) is 0 Å². The van der Waals surface area contributed by atoms with E-state index in [4.69, 9.17) is 0 Å². The van der Waals surface area contributed by atoms with Crippen molar-refractivity contribution < 1.29 is 18.0 Å². The molecule has 7 nitrogen and oxygen atoms in total. The Kier molecular flexibility index (Phi) is 7.63. The van der Waals surface area contributed by atoms with Gasteiger partial charge in [-0.2, -0.15) is 0 Å². The van der Waals surface area contributed by atoms with Crippen molar-refractivity contribution >= 4 is 27.5 Å². The second kappa shape index (κ2) is 10.8. The first-order valence-corrected chi connectivity index (χ1v) is 13.1. The lowest BCUT2D eigenvalue weighted by Gasteiger charge is -2.26. The summed E-state index contributed by atoms with van der Waals surface area (Å²) in [5.41, 5.74) is 3.30. The molecule has 182 valence electrons. The molecule has 0 bridgehead atoms. The average molecular weight is 492 g/mol. The Labute approximate surface area is 206 Å². The molecular formula is C27H29N3O4S. The third-order valence-electron chi connectivity index (χ3n) is 6.05. The van der Waals surface area contributed by atoms with Crippen LogP contribution in [0.2, 0.25) is 0 Å². The summed E-state index contributed by atoms with van der Waals surface area (Å²) in [7, 11) is -3.80. The number of rotatable bonds is 8. The summed E-state index contributed by atoms with van der Waals surface area (Å²) in [6.07, 6.45) is 2.51. The number of hydrogen-bond acceptors (Lipinski definition) is 4. The normalized spacial score (nSPS) is 14.1. The van der Waals surface area contributed by atoms with Gasteiger partial charge in [-0.15, -0.1) is 0 Å².